The van der Waals surface area contributed by atoms with Gasteiger partial charge in [0.25, 0.3) is 5.89 Å². The third-order valence-electron chi connectivity index (χ3n) is 2.28. The first kappa shape index (κ1) is 11.8. The fourth-order valence-electron chi connectivity index (χ4n) is 1.23. The largest absolute Gasteiger partial charge is 0.333 e. The zero-order valence-electron chi connectivity index (χ0n) is 9.03. The Labute approximate surface area is 106 Å². The van der Waals surface area contributed by atoms with Gasteiger partial charge in [-0.1, -0.05) is 12.1 Å². The Morgan fingerprint density at radius 3 is 2.94 bits per heavy atom. The molecule has 1 unspecified atom stereocenters. The van der Waals surface area contributed by atoms with E-state index in [2.05, 4.69) is 26.1 Å². The Hall–Kier alpha value is -0.720. The van der Waals surface area contributed by atoms with Gasteiger partial charge in [0, 0.05) is 0 Å². The molecule has 2 heterocycles. The van der Waals surface area contributed by atoms with E-state index in [0.717, 1.165) is 15.1 Å². The molecule has 0 spiro atoms. The van der Waals surface area contributed by atoms with Crippen LogP contribution in [-0.4, -0.2) is 10.1 Å². The van der Waals surface area contributed by atoms with Crippen molar-refractivity contribution in [3.63, 3.8) is 0 Å². The highest BCUT2D eigenvalue weighted by molar-refractivity contribution is 9.11. The number of hydrogen-bond donors (Lipinski definition) is 1. The van der Waals surface area contributed by atoms with Crippen LogP contribution >= 0.6 is 27.3 Å². The minimum atomic E-state index is -0.151. The number of nitrogens with two attached hydrogens (primary N) is 1. The van der Waals surface area contributed by atoms with Crippen molar-refractivity contribution in [2.24, 2.45) is 5.73 Å². The first-order valence-electron chi connectivity index (χ1n) is 4.97. The minimum absolute atomic E-state index is 0.151. The van der Waals surface area contributed by atoms with Gasteiger partial charge in [0.05, 0.1) is 14.7 Å². The van der Waals surface area contributed by atoms with Gasteiger partial charge in [-0.05, 0) is 40.9 Å². The number of rotatable bonds is 3. The van der Waals surface area contributed by atoms with E-state index in [1.54, 1.807) is 11.3 Å². The van der Waals surface area contributed by atoms with E-state index in [4.69, 9.17) is 10.3 Å². The number of hydrogen-bond acceptors (Lipinski definition) is 5. The standard InChI is InChI=1S/C10H12BrN3OS/c1-3-6(12)9-13-10(15-14-9)7-4-5(2)8(11)16-7/h4,6H,3,12H2,1-2H3. The highest BCUT2D eigenvalue weighted by atomic mass is 79.9. The van der Waals surface area contributed by atoms with Crippen molar-refractivity contribution in [1.29, 1.82) is 0 Å². The van der Waals surface area contributed by atoms with Gasteiger partial charge in [-0.15, -0.1) is 11.3 Å². The van der Waals surface area contributed by atoms with Gasteiger partial charge in [0.15, 0.2) is 5.82 Å². The van der Waals surface area contributed by atoms with Crippen LogP contribution in [0.25, 0.3) is 10.8 Å². The molecular weight excluding hydrogens is 290 g/mol. The van der Waals surface area contributed by atoms with Crippen molar-refractivity contribution >= 4 is 27.3 Å². The summed E-state index contributed by atoms with van der Waals surface area (Å²) in [5, 5.41) is 3.88. The maximum absolute atomic E-state index is 5.83. The molecule has 86 valence electrons. The van der Waals surface area contributed by atoms with Crippen molar-refractivity contribution in [2.45, 2.75) is 26.3 Å². The van der Waals surface area contributed by atoms with E-state index in [1.165, 1.54) is 5.56 Å². The molecule has 0 aromatic carbocycles. The highest BCUT2D eigenvalue weighted by Gasteiger charge is 2.15. The maximum Gasteiger partial charge on any atom is 0.268 e. The van der Waals surface area contributed by atoms with Crippen LogP contribution in [0, 0.1) is 6.92 Å². The zero-order valence-corrected chi connectivity index (χ0v) is 11.4. The first-order chi connectivity index (χ1) is 7.61. The van der Waals surface area contributed by atoms with Crippen LogP contribution in [0.5, 0.6) is 0 Å². The molecule has 0 saturated heterocycles. The predicted molar refractivity (Wildman–Crippen MR) is 67.3 cm³/mol. The van der Waals surface area contributed by atoms with Crippen LogP contribution in [0.4, 0.5) is 0 Å². The van der Waals surface area contributed by atoms with Gasteiger partial charge >= 0.3 is 0 Å². The monoisotopic (exact) mass is 301 g/mol. The Morgan fingerprint density at radius 2 is 2.38 bits per heavy atom. The van der Waals surface area contributed by atoms with Crippen LogP contribution < -0.4 is 5.73 Å². The molecule has 2 aromatic heterocycles. The fraction of sp³-hybridized carbons (Fsp3) is 0.400. The quantitative estimate of drug-likeness (QED) is 0.945. The molecule has 2 aromatic rings. The van der Waals surface area contributed by atoms with Crippen LogP contribution in [0.1, 0.15) is 30.8 Å². The molecule has 0 amide bonds. The van der Waals surface area contributed by atoms with Gasteiger partial charge in [-0.3, -0.25) is 0 Å². The maximum atomic E-state index is 5.83. The lowest BCUT2D eigenvalue weighted by molar-refractivity contribution is 0.416. The molecule has 2 rings (SSSR count). The molecule has 0 saturated carbocycles. The highest BCUT2D eigenvalue weighted by Crippen LogP contribution is 2.34. The van der Waals surface area contributed by atoms with E-state index >= 15 is 0 Å². The second-order valence-electron chi connectivity index (χ2n) is 3.54. The average Bonchev–Trinajstić information content (AvgIpc) is 2.86. The molecule has 0 aliphatic rings. The molecular formula is C10H12BrN3OS. The predicted octanol–water partition coefficient (Wildman–Crippen LogP) is 3.28. The third-order valence-corrected chi connectivity index (χ3v) is 4.41. The fourth-order valence-corrected chi connectivity index (χ4v) is 2.69. The molecule has 1 atom stereocenters. The summed E-state index contributed by atoms with van der Waals surface area (Å²) in [6.07, 6.45) is 0.798. The van der Waals surface area contributed by atoms with E-state index in [9.17, 15) is 0 Å². The van der Waals surface area contributed by atoms with Crippen molar-refractivity contribution in [1.82, 2.24) is 10.1 Å². The lowest BCUT2D eigenvalue weighted by atomic mass is 10.2. The lowest BCUT2D eigenvalue weighted by Crippen LogP contribution is -2.10. The number of halogens is 1. The summed E-state index contributed by atoms with van der Waals surface area (Å²) in [7, 11) is 0. The van der Waals surface area contributed by atoms with Gasteiger partial charge in [0.1, 0.15) is 0 Å². The molecule has 0 fully saturated rings. The minimum Gasteiger partial charge on any atom is -0.333 e. The van der Waals surface area contributed by atoms with Crippen molar-refractivity contribution in [2.75, 3.05) is 0 Å². The van der Waals surface area contributed by atoms with Gasteiger partial charge in [-0.2, -0.15) is 4.98 Å². The number of thiophene rings is 1. The third kappa shape index (κ3) is 2.18. The second kappa shape index (κ2) is 4.65. The van der Waals surface area contributed by atoms with E-state index in [-0.39, 0.29) is 6.04 Å². The molecule has 0 aliphatic carbocycles. The number of nitrogens with zero attached hydrogens (tertiary/aromatic N) is 2. The number of aryl methyl sites for hydroxylation is 1. The van der Waals surface area contributed by atoms with Crippen molar-refractivity contribution < 1.29 is 4.52 Å². The van der Waals surface area contributed by atoms with Gasteiger partial charge < -0.3 is 10.3 Å². The van der Waals surface area contributed by atoms with Crippen LogP contribution in [-0.2, 0) is 0 Å². The lowest BCUT2D eigenvalue weighted by Gasteiger charge is -1.98. The summed E-state index contributed by atoms with van der Waals surface area (Å²) in [5.41, 5.74) is 7.00. The Kier molecular flexibility index (Phi) is 3.41. The second-order valence-corrected chi connectivity index (χ2v) is 5.91. The van der Waals surface area contributed by atoms with Gasteiger partial charge in [-0.25, -0.2) is 0 Å². The molecule has 0 aliphatic heterocycles. The van der Waals surface area contributed by atoms with Crippen LogP contribution in [0.2, 0.25) is 0 Å². The SMILES string of the molecule is CCC(N)c1noc(-c2cc(C)c(Br)s2)n1. The van der Waals surface area contributed by atoms with E-state index in [1.807, 2.05) is 19.9 Å². The van der Waals surface area contributed by atoms with Crippen molar-refractivity contribution in [3.05, 3.63) is 21.2 Å². The molecule has 0 bridgehead atoms. The Balaban J connectivity index is 2.31. The molecule has 2 N–H and O–H groups in total. The Bertz CT molecular complexity index is 474. The number of aromatic nitrogens is 2. The smallest absolute Gasteiger partial charge is 0.268 e. The first-order valence-corrected chi connectivity index (χ1v) is 6.58. The molecule has 16 heavy (non-hydrogen) atoms. The van der Waals surface area contributed by atoms with E-state index < -0.39 is 0 Å². The summed E-state index contributed by atoms with van der Waals surface area (Å²) in [4.78, 5) is 5.26. The molecule has 0 radical (unpaired) electrons. The Morgan fingerprint density at radius 1 is 1.62 bits per heavy atom. The summed E-state index contributed by atoms with van der Waals surface area (Å²) in [6.45, 7) is 4.02. The summed E-state index contributed by atoms with van der Waals surface area (Å²) < 4.78 is 6.28. The topological polar surface area (TPSA) is 64.9 Å². The normalized spacial score (nSPS) is 13.0. The molecule has 4 nitrogen and oxygen atoms in total. The average molecular weight is 302 g/mol. The summed E-state index contributed by atoms with van der Waals surface area (Å²) in [6, 6.07) is 1.87. The van der Waals surface area contributed by atoms with Crippen molar-refractivity contribution in [3.8, 4) is 10.8 Å². The zero-order chi connectivity index (χ0) is 11.7. The van der Waals surface area contributed by atoms with E-state index in [0.29, 0.717) is 11.7 Å². The van der Waals surface area contributed by atoms with Gasteiger partial charge in [0.2, 0.25) is 0 Å². The molecule has 6 heteroatoms. The van der Waals surface area contributed by atoms with Crippen LogP contribution in [0.15, 0.2) is 14.4 Å². The summed E-state index contributed by atoms with van der Waals surface area (Å²) >= 11 is 5.05. The summed E-state index contributed by atoms with van der Waals surface area (Å²) in [5.74, 6) is 1.11. The van der Waals surface area contributed by atoms with Crippen LogP contribution in [0.3, 0.4) is 0 Å².